The molecular formula is C12H9Br2NO. The second kappa shape index (κ2) is 4.97. The molecule has 0 N–H and O–H groups in total. The highest BCUT2D eigenvalue weighted by Gasteiger charge is 2.04. The highest BCUT2D eigenvalue weighted by atomic mass is 79.9. The van der Waals surface area contributed by atoms with Gasteiger partial charge in [0.2, 0.25) is 5.88 Å². The minimum Gasteiger partial charge on any atom is -0.438 e. The Morgan fingerprint density at radius 3 is 2.44 bits per heavy atom. The van der Waals surface area contributed by atoms with E-state index in [1.807, 2.05) is 37.3 Å². The molecule has 0 radical (unpaired) electrons. The number of aryl methyl sites for hydroxylation is 1. The third-order valence-electron chi connectivity index (χ3n) is 1.97. The molecule has 1 heterocycles. The summed E-state index contributed by atoms with van der Waals surface area (Å²) in [6.07, 6.45) is 1.78. The average molecular weight is 343 g/mol. The largest absolute Gasteiger partial charge is 0.438 e. The highest BCUT2D eigenvalue weighted by molar-refractivity contribution is 9.10. The molecule has 4 heteroatoms. The molecule has 2 nitrogen and oxygen atoms in total. The molecule has 0 amide bonds. The number of pyridine rings is 1. The molecule has 2 rings (SSSR count). The van der Waals surface area contributed by atoms with Crippen LogP contribution in [0.1, 0.15) is 5.56 Å². The fraction of sp³-hybridized carbons (Fsp3) is 0.0833. The second-order valence-corrected chi connectivity index (χ2v) is 5.13. The third-order valence-corrected chi connectivity index (χ3v) is 3.07. The number of hydrogen-bond acceptors (Lipinski definition) is 2. The van der Waals surface area contributed by atoms with Crippen LogP contribution < -0.4 is 4.74 Å². The van der Waals surface area contributed by atoms with E-state index < -0.39 is 0 Å². The van der Waals surface area contributed by atoms with Crippen LogP contribution in [0.15, 0.2) is 45.5 Å². The molecule has 0 fully saturated rings. The summed E-state index contributed by atoms with van der Waals surface area (Å²) >= 11 is 6.80. The van der Waals surface area contributed by atoms with Gasteiger partial charge < -0.3 is 4.74 Å². The number of rotatable bonds is 2. The predicted octanol–water partition coefficient (Wildman–Crippen LogP) is 4.71. The Balaban J connectivity index is 2.23. The Bertz CT molecular complexity index is 497. The number of hydrogen-bond donors (Lipinski definition) is 0. The van der Waals surface area contributed by atoms with Crippen molar-refractivity contribution < 1.29 is 4.74 Å². The maximum absolute atomic E-state index is 5.64. The predicted molar refractivity (Wildman–Crippen MR) is 70.9 cm³/mol. The summed E-state index contributed by atoms with van der Waals surface area (Å²) in [7, 11) is 0. The fourth-order valence-electron chi connectivity index (χ4n) is 1.21. The summed E-state index contributed by atoms with van der Waals surface area (Å²) < 4.78 is 7.52. The summed E-state index contributed by atoms with van der Waals surface area (Å²) in [5.41, 5.74) is 1.09. The second-order valence-electron chi connectivity index (χ2n) is 3.36. The van der Waals surface area contributed by atoms with Gasteiger partial charge in [-0.2, -0.15) is 0 Å². The molecule has 1 aromatic heterocycles. The van der Waals surface area contributed by atoms with Crippen molar-refractivity contribution >= 4 is 31.9 Å². The van der Waals surface area contributed by atoms with Gasteiger partial charge in [-0.25, -0.2) is 4.98 Å². The van der Waals surface area contributed by atoms with E-state index in [2.05, 4.69) is 36.8 Å². The molecule has 2 aromatic rings. The zero-order chi connectivity index (χ0) is 11.5. The summed E-state index contributed by atoms with van der Waals surface area (Å²) in [4.78, 5) is 4.21. The van der Waals surface area contributed by atoms with Gasteiger partial charge in [-0.05, 0) is 58.7 Å². The Morgan fingerprint density at radius 2 is 1.81 bits per heavy atom. The molecule has 0 atom stereocenters. The first-order chi connectivity index (χ1) is 7.65. The zero-order valence-corrected chi connectivity index (χ0v) is 11.7. The lowest BCUT2D eigenvalue weighted by Gasteiger charge is -2.06. The van der Waals surface area contributed by atoms with Crippen molar-refractivity contribution in [2.24, 2.45) is 0 Å². The molecule has 16 heavy (non-hydrogen) atoms. The number of ether oxygens (including phenoxy) is 1. The van der Waals surface area contributed by atoms with Crippen LogP contribution in [0.25, 0.3) is 0 Å². The van der Waals surface area contributed by atoms with Gasteiger partial charge in [0.1, 0.15) is 5.75 Å². The van der Waals surface area contributed by atoms with Crippen LogP contribution in [0.3, 0.4) is 0 Å². The standard InChI is InChI=1S/C12H9Br2NO/c1-8-6-11(14)12(15-7-8)16-10-4-2-9(13)3-5-10/h2-7H,1H3. The van der Waals surface area contributed by atoms with Crippen LogP contribution in [-0.2, 0) is 0 Å². The summed E-state index contributed by atoms with van der Waals surface area (Å²) in [6, 6.07) is 9.60. The molecule has 0 bridgehead atoms. The molecule has 0 unspecified atom stereocenters. The van der Waals surface area contributed by atoms with Crippen LogP contribution in [0, 0.1) is 6.92 Å². The average Bonchev–Trinajstić information content (AvgIpc) is 2.25. The number of benzene rings is 1. The SMILES string of the molecule is Cc1cnc(Oc2ccc(Br)cc2)c(Br)c1. The molecule has 0 spiro atoms. The zero-order valence-electron chi connectivity index (χ0n) is 8.58. The van der Waals surface area contributed by atoms with Crippen molar-refractivity contribution in [1.82, 2.24) is 4.98 Å². The molecule has 1 aromatic carbocycles. The number of nitrogens with zero attached hydrogens (tertiary/aromatic N) is 1. The molecule has 0 saturated heterocycles. The van der Waals surface area contributed by atoms with Gasteiger partial charge in [-0.3, -0.25) is 0 Å². The van der Waals surface area contributed by atoms with Crippen molar-refractivity contribution in [3.63, 3.8) is 0 Å². The first-order valence-electron chi connectivity index (χ1n) is 4.71. The van der Waals surface area contributed by atoms with Crippen molar-refractivity contribution in [1.29, 1.82) is 0 Å². The van der Waals surface area contributed by atoms with E-state index in [1.165, 1.54) is 0 Å². The molecule has 0 aliphatic heterocycles. The van der Waals surface area contributed by atoms with Crippen molar-refractivity contribution in [3.8, 4) is 11.6 Å². The Hall–Kier alpha value is -0.870. The Morgan fingerprint density at radius 1 is 1.12 bits per heavy atom. The van der Waals surface area contributed by atoms with Gasteiger partial charge in [0.25, 0.3) is 0 Å². The molecule has 82 valence electrons. The van der Waals surface area contributed by atoms with Gasteiger partial charge in [0.05, 0.1) is 4.47 Å². The van der Waals surface area contributed by atoms with Gasteiger partial charge in [0, 0.05) is 10.7 Å². The minimum absolute atomic E-state index is 0.577. The Labute approximate surface area is 111 Å². The van der Waals surface area contributed by atoms with Gasteiger partial charge in [0.15, 0.2) is 0 Å². The van der Waals surface area contributed by atoms with E-state index >= 15 is 0 Å². The van der Waals surface area contributed by atoms with E-state index in [9.17, 15) is 0 Å². The molecule has 0 aliphatic carbocycles. The van der Waals surface area contributed by atoms with E-state index in [1.54, 1.807) is 6.20 Å². The minimum atomic E-state index is 0.577. The smallest absolute Gasteiger partial charge is 0.233 e. The first-order valence-corrected chi connectivity index (χ1v) is 6.29. The van der Waals surface area contributed by atoms with Crippen LogP contribution in [-0.4, -0.2) is 4.98 Å². The van der Waals surface area contributed by atoms with E-state index in [4.69, 9.17) is 4.74 Å². The van der Waals surface area contributed by atoms with E-state index in [0.29, 0.717) is 5.88 Å². The monoisotopic (exact) mass is 341 g/mol. The van der Waals surface area contributed by atoms with Gasteiger partial charge in [-0.15, -0.1) is 0 Å². The Kier molecular flexibility index (Phi) is 3.61. The normalized spacial score (nSPS) is 10.2. The van der Waals surface area contributed by atoms with Gasteiger partial charge in [-0.1, -0.05) is 15.9 Å². The van der Waals surface area contributed by atoms with Crippen molar-refractivity contribution in [3.05, 3.63) is 51.0 Å². The van der Waals surface area contributed by atoms with Gasteiger partial charge >= 0.3 is 0 Å². The van der Waals surface area contributed by atoms with Crippen LogP contribution in [0.4, 0.5) is 0 Å². The highest BCUT2D eigenvalue weighted by Crippen LogP contribution is 2.28. The third kappa shape index (κ3) is 2.83. The quantitative estimate of drug-likeness (QED) is 0.788. The van der Waals surface area contributed by atoms with Crippen LogP contribution >= 0.6 is 31.9 Å². The fourth-order valence-corrected chi connectivity index (χ4v) is 2.02. The summed E-state index contributed by atoms with van der Waals surface area (Å²) in [6.45, 7) is 1.99. The lowest BCUT2D eigenvalue weighted by atomic mass is 10.3. The maximum Gasteiger partial charge on any atom is 0.233 e. The van der Waals surface area contributed by atoms with E-state index in [0.717, 1.165) is 20.3 Å². The summed E-state index contributed by atoms with van der Waals surface area (Å²) in [5, 5.41) is 0. The lowest BCUT2D eigenvalue weighted by Crippen LogP contribution is -1.89. The summed E-state index contributed by atoms with van der Waals surface area (Å²) in [5.74, 6) is 1.34. The van der Waals surface area contributed by atoms with E-state index in [-0.39, 0.29) is 0 Å². The topological polar surface area (TPSA) is 22.1 Å². The molecule has 0 saturated carbocycles. The van der Waals surface area contributed by atoms with Crippen LogP contribution in [0.5, 0.6) is 11.6 Å². The van der Waals surface area contributed by atoms with Crippen molar-refractivity contribution in [2.75, 3.05) is 0 Å². The lowest BCUT2D eigenvalue weighted by molar-refractivity contribution is 0.459. The van der Waals surface area contributed by atoms with Crippen LogP contribution in [0.2, 0.25) is 0 Å². The first kappa shape index (κ1) is 11.6. The van der Waals surface area contributed by atoms with Crippen molar-refractivity contribution in [2.45, 2.75) is 6.92 Å². The maximum atomic E-state index is 5.64. The number of halogens is 2. The molecule has 0 aliphatic rings. The number of aromatic nitrogens is 1. The molecular weight excluding hydrogens is 334 g/mol.